The number of carbonyl (C=O) groups excluding carboxylic acids is 1. The first-order valence-corrected chi connectivity index (χ1v) is 9.66. The Morgan fingerprint density at radius 1 is 1.17 bits per heavy atom. The molecule has 0 radical (unpaired) electrons. The summed E-state index contributed by atoms with van der Waals surface area (Å²) in [4.78, 5) is 14.1. The van der Waals surface area contributed by atoms with Gasteiger partial charge in [0.1, 0.15) is 5.60 Å². The van der Waals surface area contributed by atoms with Crippen LogP contribution in [0.3, 0.4) is 0 Å². The summed E-state index contributed by atoms with van der Waals surface area (Å²) in [5.41, 5.74) is -0.423. The summed E-state index contributed by atoms with van der Waals surface area (Å²) >= 11 is 0. The first kappa shape index (κ1) is 19.5. The van der Waals surface area contributed by atoms with Crippen LogP contribution >= 0.6 is 0 Å². The van der Waals surface area contributed by atoms with Gasteiger partial charge in [0.2, 0.25) is 0 Å². The van der Waals surface area contributed by atoms with Crippen molar-refractivity contribution in [2.45, 2.75) is 71.4 Å². The van der Waals surface area contributed by atoms with Gasteiger partial charge in [-0.15, -0.1) is 0 Å². The van der Waals surface area contributed by atoms with E-state index in [1.807, 2.05) is 32.6 Å². The van der Waals surface area contributed by atoms with Gasteiger partial charge in [0.05, 0.1) is 0 Å². The van der Waals surface area contributed by atoms with Gasteiger partial charge in [0.15, 0.2) is 0 Å². The molecule has 140 valence electrons. The number of ether oxygens (including phenoxy) is 2. The second-order valence-corrected chi connectivity index (χ2v) is 8.36. The third-order valence-corrected chi connectivity index (χ3v) is 5.09. The van der Waals surface area contributed by atoms with E-state index >= 15 is 0 Å². The van der Waals surface area contributed by atoms with E-state index in [-0.39, 0.29) is 6.09 Å². The number of amides is 1. The second-order valence-electron chi connectivity index (χ2n) is 8.36. The van der Waals surface area contributed by atoms with E-state index in [9.17, 15) is 4.79 Å². The maximum atomic E-state index is 12.3. The topological polar surface area (TPSA) is 50.8 Å². The zero-order valence-corrected chi connectivity index (χ0v) is 16.0. The zero-order valence-electron chi connectivity index (χ0n) is 16.0. The molecular formula is C19H36N2O3. The molecule has 1 amide bonds. The third kappa shape index (κ3) is 6.60. The van der Waals surface area contributed by atoms with Crippen molar-refractivity contribution in [3.05, 3.63) is 0 Å². The molecule has 2 atom stereocenters. The Bertz CT molecular complexity index is 389. The van der Waals surface area contributed by atoms with Gasteiger partial charge in [-0.2, -0.15) is 0 Å². The molecule has 1 N–H and O–H groups in total. The van der Waals surface area contributed by atoms with Gasteiger partial charge in [-0.1, -0.05) is 0 Å². The number of nitrogens with zero attached hydrogens (tertiary/aromatic N) is 1. The van der Waals surface area contributed by atoms with E-state index in [1.54, 1.807) is 0 Å². The van der Waals surface area contributed by atoms with Crippen LogP contribution in [0.5, 0.6) is 0 Å². The minimum absolute atomic E-state index is 0.177. The first-order valence-electron chi connectivity index (χ1n) is 9.66. The highest BCUT2D eigenvalue weighted by molar-refractivity contribution is 5.68. The van der Waals surface area contributed by atoms with E-state index in [0.29, 0.717) is 18.5 Å². The van der Waals surface area contributed by atoms with Crippen molar-refractivity contribution >= 4 is 6.09 Å². The Kier molecular flexibility index (Phi) is 7.35. The van der Waals surface area contributed by atoms with Gasteiger partial charge >= 0.3 is 6.09 Å². The molecule has 2 aliphatic rings. The highest BCUT2D eigenvalue weighted by atomic mass is 16.6. The average molecular weight is 341 g/mol. The molecule has 0 aromatic rings. The van der Waals surface area contributed by atoms with Crippen molar-refractivity contribution < 1.29 is 14.3 Å². The molecule has 5 nitrogen and oxygen atoms in total. The summed E-state index contributed by atoms with van der Waals surface area (Å²) in [5.74, 6) is 1.36. The minimum Gasteiger partial charge on any atom is -0.444 e. The number of rotatable bonds is 6. The SMILES string of the molecule is CCN(C[C@@H]1CC[C@H](NCC2CCOCC2)C1)C(=O)OC(C)(C)C. The maximum absolute atomic E-state index is 12.3. The summed E-state index contributed by atoms with van der Waals surface area (Å²) in [6.07, 6.45) is 5.78. The second kappa shape index (κ2) is 9.04. The molecule has 5 heteroatoms. The molecule has 1 aliphatic carbocycles. The first-order chi connectivity index (χ1) is 11.4. The Labute approximate surface area is 147 Å². The van der Waals surface area contributed by atoms with E-state index in [0.717, 1.165) is 32.2 Å². The largest absolute Gasteiger partial charge is 0.444 e. The molecule has 1 saturated heterocycles. The average Bonchev–Trinajstić information content (AvgIpc) is 2.97. The number of nitrogens with one attached hydrogen (secondary N) is 1. The molecule has 0 aromatic carbocycles. The predicted molar refractivity (Wildman–Crippen MR) is 96.2 cm³/mol. The Morgan fingerprint density at radius 3 is 2.50 bits per heavy atom. The zero-order chi connectivity index (χ0) is 17.6. The molecule has 1 aliphatic heterocycles. The molecule has 0 bridgehead atoms. The maximum Gasteiger partial charge on any atom is 0.410 e. The van der Waals surface area contributed by atoms with Crippen LogP contribution in [-0.2, 0) is 9.47 Å². The van der Waals surface area contributed by atoms with Gasteiger partial charge in [-0.05, 0) is 78.2 Å². The Morgan fingerprint density at radius 2 is 1.88 bits per heavy atom. The molecule has 1 saturated carbocycles. The molecule has 2 rings (SSSR count). The van der Waals surface area contributed by atoms with Crippen LogP contribution in [0, 0.1) is 11.8 Å². The number of hydrogen-bond acceptors (Lipinski definition) is 4. The van der Waals surface area contributed by atoms with Gasteiger partial charge in [0, 0.05) is 32.3 Å². The lowest BCUT2D eigenvalue weighted by atomic mass is 10.00. The third-order valence-electron chi connectivity index (χ3n) is 5.09. The van der Waals surface area contributed by atoms with Gasteiger partial charge in [0.25, 0.3) is 0 Å². The smallest absolute Gasteiger partial charge is 0.410 e. The van der Waals surface area contributed by atoms with E-state index < -0.39 is 5.60 Å². The monoisotopic (exact) mass is 340 g/mol. The van der Waals surface area contributed by atoms with Crippen molar-refractivity contribution in [1.29, 1.82) is 0 Å². The minimum atomic E-state index is -0.423. The molecule has 1 heterocycles. The van der Waals surface area contributed by atoms with Crippen molar-refractivity contribution in [3.63, 3.8) is 0 Å². The Hall–Kier alpha value is -0.810. The number of carbonyl (C=O) groups is 1. The van der Waals surface area contributed by atoms with Crippen molar-refractivity contribution in [1.82, 2.24) is 10.2 Å². The van der Waals surface area contributed by atoms with Crippen LogP contribution in [0.4, 0.5) is 4.79 Å². The summed E-state index contributed by atoms with van der Waals surface area (Å²) in [7, 11) is 0. The fourth-order valence-electron chi connectivity index (χ4n) is 3.68. The van der Waals surface area contributed by atoms with Crippen LogP contribution < -0.4 is 5.32 Å². The lowest BCUT2D eigenvalue weighted by Gasteiger charge is -2.28. The Balaban J connectivity index is 1.70. The standard InChI is InChI=1S/C19H36N2O3/c1-5-21(18(22)24-19(2,3)4)14-16-6-7-17(12-16)20-13-15-8-10-23-11-9-15/h15-17,20H,5-14H2,1-4H3/t16-,17+/m1/s1. The van der Waals surface area contributed by atoms with Crippen molar-refractivity contribution in [2.24, 2.45) is 11.8 Å². The molecular weight excluding hydrogens is 304 g/mol. The van der Waals surface area contributed by atoms with E-state index in [1.165, 1.54) is 32.1 Å². The molecule has 0 spiro atoms. The fraction of sp³-hybridized carbons (Fsp3) is 0.947. The van der Waals surface area contributed by atoms with Gasteiger partial charge < -0.3 is 19.7 Å². The summed E-state index contributed by atoms with van der Waals surface area (Å²) in [5, 5.41) is 3.75. The van der Waals surface area contributed by atoms with E-state index in [2.05, 4.69) is 5.32 Å². The summed E-state index contributed by atoms with van der Waals surface area (Å²) in [6, 6.07) is 0.607. The molecule has 0 aromatic heterocycles. The molecule has 24 heavy (non-hydrogen) atoms. The fourth-order valence-corrected chi connectivity index (χ4v) is 3.68. The number of hydrogen-bond donors (Lipinski definition) is 1. The van der Waals surface area contributed by atoms with Crippen molar-refractivity contribution in [2.75, 3.05) is 32.8 Å². The normalized spacial score (nSPS) is 25.7. The van der Waals surface area contributed by atoms with Crippen LogP contribution in [-0.4, -0.2) is 55.5 Å². The lowest BCUT2D eigenvalue weighted by molar-refractivity contribution is 0.0232. The quantitative estimate of drug-likeness (QED) is 0.805. The van der Waals surface area contributed by atoms with Crippen LogP contribution in [0.15, 0.2) is 0 Å². The van der Waals surface area contributed by atoms with Crippen LogP contribution in [0.25, 0.3) is 0 Å². The predicted octanol–water partition coefficient (Wildman–Crippen LogP) is 3.43. The molecule has 0 unspecified atom stereocenters. The molecule has 2 fully saturated rings. The van der Waals surface area contributed by atoms with Crippen LogP contribution in [0.2, 0.25) is 0 Å². The van der Waals surface area contributed by atoms with E-state index in [4.69, 9.17) is 9.47 Å². The highest BCUT2D eigenvalue weighted by Gasteiger charge is 2.29. The van der Waals surface area contributed by atoms with Crippen LogP contribution in [0.1, 0.15) is 59.8 Å². The van der Waals surface area contributed by atoms with Gasteiger partial charge in [-0.25, -0.2) is 4.79 Å². The highest BCUT2D eigenvalue weighted by Crippen LogP contribution is 2.27. The van der Waals surface area contributed by atoms with Gasteiger partial charge in [-0.3, -0.25) is 0 Å². The lowest BCUT2D eigenvalue weighted by Crippen LogP contribution is -2.39. The van der Waals surface area contributed by atoms with Crippen molar-refractivity contribution in [3.8, 4) is 0 Å². The summed E-state index contributed by atoms with van der Waals surface area (Å²) in [6.45, 7) is 12.3. The summed E-state index contributed by atoms with van der Waals surface area (Å²) < 4.78 is 10.9.